The molecule has 0 radical (unpaired) electrons. The second-order valence-corrected chi connectivity index (χ2v) is 5.44. The van der Waals surface area contributed by atoms with Gasteiger partial charge in [-0.05, 0) is 35.8 Å². The Bertz CT molecular complexity index is 499. The molecule has 2 aromatic rings. The second-order valence-electron chi connectivity index (χ2n) is 4.02. The van der Waals surface area contributed by atoms with Gasteiger partial charge in [0.05, 0.1) is 5.69 Å². The van der Waals surface area contributed by atoms with E-state index in [2.05, 4.69) is 0 Å². The van der Waals surface area contributed by atoms with E-state index in [0.29, 0.717) is 11.4 Å². The first-order valence-electron chi connectivity index (χ1n) is 5.45. The summed E-state index contributed by atoms with van der Waals surface area (Å²) in [6.45, 7) is 1.97. The van der Waals surface area contributed by atoms with Gasteiger partial charge in [-0.2, -0.15) is 0 Å². The number of hydrogen-bond acceptors (Lipinski definition) is 2. The first-order chi connectivity index (χ1) is 8.16. The molecule has 17 heavy (non-hydrogen) atoms. The van der Waals surface area contributed by atoms with Gasteiger partial charge in [-0.25, -0.2) is 0 Å². The number of hydrogen-bond donors (Lipinski definition) is 1. The van der Waals surface area contributed by atoms with Crippen LogP contribution in [0.4, 0.5) is 5.69 Å². The number of nitrogen functional groups attached to an aromatic ring is 1. The summed E-state index contributed by atoms with van der Waals surface area (Å²) < 4.78 is 12.2. The first kappa shape index (κ1) is 12.0. The molecule has 0 aliphatic heterocycles. The van der Waals surface area contributed by atoms with Gasteiger partial charge in [0.2, 0.25) is 0 Å². The summed E-state index contributed by atoms with van der Waals surface area (Å²) in [5, 5.41) is 0. The second kappa shape index (κ2) is 5.25. The average molecular weight is 245 g/mol. The largest absolute Gasteiger partial charge is 0.611 e. The Hall–Kier alpha value is -1.45. The lowest BCUT2D eigenvalue weighted by Crippen LogP contribution is -2.08. The van der Waals surface area contributed by atoms with Gasteiger partial charge in [0.1, 0.15) is 5.75 Å². The molecule has 1 unspecified atom stereocenters. The van der Waals surface area contributed by atoms with Gasteiger partial charge in [0.25, 0.3) is 0 Å². The number of anilines is 1. The van der Waals surface area contributed by atoms with Gasteiger partial charge in [0.15, 0.2) is 4.90 Å². The lowest BCUT2D eigenvalue weighted by Gasteiger charge is -2.12. The fourth-order valence-corrected chi connectivity index (χ4v) is 2.87. The Kier molecular flexibility index (Phi) is 3.71. The van der Waals surface area contributed by atoms with Crippen LogP contribution in [0.3, 0.4) is 0 Å². The van der Waals surface area contributed by atoms with Crippen LogP contribution in [-0.4, -0.2) is 4.55 Å². The van der Waals surface area contributed by atoms with Crippen molar-refractivity contribution in [1.82, 2.24) is 0 Å². The SMILES string of the molecule is Cc1ccc([S+]([O-])Cc2ccccc2)c(N)c1. The van der Waals surface area contributed by atoms with Crippen LogP contribution in [0.25, 0.3) is 0 Å². The Balaban J connectivity index is 2.17. The minimum atomic E-state index is -1.08. The lowest BCUT2D eigenvalue weighted by molar-refractivity contribution is 0.594. The summed E-state index contributed by atoms with van der Waals surface area (Å²) in [5.74, 6) is 0.508. The molecule has 0 aromatic heterocycles. The van der Waals surface area contributed by atoms with Gasteiger partial charge < -0.3 is 10.3 Å². The molecule has 0 amide bonds. The van der Waals surface area contributed by atoms with Crippen molar-refractivity contribution in [3.8, 4) is 0 Å². The predicted molar refractivity (Wildman–Crippen MR) is 72.1 cm³/mol. The maximum Gasteiger partial charge on any atom is 0.175 e. The molecule has 2 nitrogen and oxygen atoms in total. The third-order valence-corrected chi connectivity index (χ3v) is 4.01. The van der Waals surface area contributed by atoms with Gasteiger partial charge in [-0.3, -0.25) is 0 Å². The molecular formula is C14H15NOS. The van der Waals surface area contributed by atoms with E-state index in [-0.39, 0.29) is 0 Å². The molecule has 0 bridgehead atoms. The van der Waals surface area contributed by atoms with E-state index in [0.717, 1.165) is 16.0 Å². The zero-order chi connectivity index (χ0) is 12.3. The molecule has 0 saturated carbocycles. The monoisotopic (exact) mass is 245 g/mol. The van der Waals surface area contributed by atoms with Gasteiger partial charge >= 0.3 is 0 Å². The molecule has 2 N–H and O–H groups in total. The Morgan fingerprint density at radius 3 is 2.47 bits per heavy atom. The molecule has 0 saturated heterocycles. The molecule has 2 aromatic carbocycles. The highest BCUT2D eigenvalue weighted by molar-refractivity contribution is 7.90. The molecule has 88 valence electrons. The van der Waals surface area contributed by atoms with Crippen LogP contribution in [0.1, 0.15) is 11.1 Å². The number of rotatable bonds is 3. The van der Waals surface area contributed by atoms with E-state index in [9.17, 15) is 4.55 Å². The predicted octanol–water partition coefficient (Wildman–Crippen LogP) is 2.89. The van der Waals surface area contributed by atoms with E-state index in [1.165, 1.54) is 0 Å². The molecule has 3 heteroatoms. The van der Waals surface area contributed by atoms with Crippen molar-refractivity contribution in [2.75, 3.05) is 5.73 Å². The van der Waals surface area contributed by atoms with Crippen molar-refractivity contribution >= 4 is 16.9 Å². The normalized spacial score (nSPS) is 12.4. The van der Waals surface area contributed by atoms with Crippen molar-refractivity contribution in [3.05, 3.63) is 59.7 Å². The quantitative estimate of drug-likeness (QED) is 0.667. The number of benzene rings is 2. The molecule has 0 aliphatic rings. The molecular weight excluding hydrogens is 230 g/mol. The Morgan fingerprint density at radius 2 is 1.82 bits per heavy atom. The fraction of sp³-hybridized carbons (Fsp3) is 0.143. The van der Waals surface area contributed by atoms with Crippen LogP contribution >= 0.6 is 0 Å². The summed E-state index contributed by atoms with van der Waals surface area (Å²) in [4.78, 5) is 0.722. The van der Waals surface area contributed by atoms with E-state index in [1.54, 1.807) is 0 Å². The highest BCUT2D eigenvalue weighted by Gasteiger charge is 2.15. The van der Waals surface area contributed by atoms with Crippen LogP contribution in [-0.2, 0) is 16.9 Å². The number of aryl methyl sites for hydroxylation is 1. The summed E-state index contributed by atoms with van der Waals surface area (Å²) in [5.41, 5.74) is 8.64. The summed E-state index contributed by atoms with van der Waals surface area (Å²) in [6.07, 6.45) is 0. The summed E-state index contributed by atoms with van der Waals surface area (Å²) in [7, 11) is 0. The highest BCUT2D eigenvalue weighted by atomic mass is 32.2. The summed E-state index contributed by atoms with van der Waals surface area (Å²) >= 11 is -1.08. The van der Waals surface area contributed by atoms with E-state index < -0.39 is 11.2 Å². The molecule has 0 aliphatic carbocycles. The standard InChI is InChI=1S/C14H15NOS/c1-11-7-8-14(13(15)9-11)17(16)10-12-5-3-2-4-6-12/h2-9H,10,15H2,1H3. The molecule has 2 rings (SSSR count). The topological polar surface area (TPSA) is 49.1 Å². The molecule has 0 spiro atoms. The van der Waals surface area contributed by atoms with Crippen molar-refractivity contribution < 1.29 is 4.55 Å². The highest BCUT2D eigenvalue weighted by Crippen LogP contribution is 2.23. The van der Waals surface area contributed by atoms with E-state index in [4.69, 9.17) is 5.73 Å². The van der Waals surface area contributed by atoms with Crippen LogP contribution in [0.5, 0.6) is 0 Å². The van der Waals surface area contributed by atoms with E-state index in [1.807, 2.05) is 55.5 Å². The Labute approximate surface area is 105 Å². The third kappa shape index (κ3) is 3.02. The number of nitrogens with two attached hydrogens (primary N) is 1. The van der Waals surface area contributed by atoms with E-state index >= 15 is 0 Å². The molecule has 0 heterocycles. The van der Waals surface area contributed by atoms with Gasteiger partial charge in [-0.1, -0.05) is 36.4 Å². The first-order valence-corrected chi connectivity index (χ1v) is 6.77. The summed E-state index contributed by atoms with van der Waals surface area (Å²) in [6, 6.07) is 15.4. The third-order valence-electron chi connectivity index (χ3n) is 2.55. The zero-order valence-corrected chi connectivity index (χ0v) is 10.5. The average Bonchev–Trinajstić information content (AvgIpc) is 2.30. The van der Waals surface area contributed by atoms with Crippen molar-refractivity contribution in [1.29, 1.82) is 0 Å². The molecule has 0 fully saturated rings. The molecule has 1 atom stereocenters. The van der Waals surface area contributed by atoms with Gasteiger partial charge in [0, 0.05) is 5.56 Å². The van der Waals surface area contributed by atoms with Crippen molar-refractivity contribution in [2.45, 2.75) is 17.6 Å². The zero-order valence-electron chi connectivity index (χ0n) is 9.72. The van der Waals surface area contributed by atoms with Crippen LogP contribution in [0.15, 0.2) is 53.4 Å². The van der Waals surface area contributed by atoms with Crippen LogP contribution < -0.4 is 5.73 Å². The Morgan fingerprint density at radius 1 is 1.12 bits per heavy atom. The van der Waals surface area contributed by atoms with Crippen molar-refractivity contribution in [2.24, 2.45) is 0 Å². The lowest BCUT2D eigenvalue weighted by atomic mass is 10.2. The van der Waals surface area contributed by atoms with Gasteiger partial charge in [-0.15, -0.1) is 0 Å². The van der Waals surface area contributed by atoms with Crippen molar-refractivity contribution in [3.63, 3.8) is 0 Å². The maximum absolute atomic E-state index is 12.2. The van der Waals surface area contributed by atoms with Crippen LogP contribution in [0, 0.1) is 6.92 Å². The smallest absolute Gasteiger partial charge is 0.175 e. The maximum atomic E-state index is 12.2. The minimum Gasteiger partial charge on any atom is -0.611 e. The van der Waals surface area contributed by atoms with Crippen LogP contribution in [0.2, 0.25) is 0 Å². The fourth-order valence-electron chi connectivity index (χ4n) is 1.68. The minimum absolute atomic E-state index is 0.508.